The third-order valence-electron chi connectivity index (χ3n) is 5.61. The molecule has 0 aromatic heterocycles. The molecule has 21 heavy (non-hydrogen) atoms. The molecule has 1 aromatic carbocycles. The quantitative estimate of drug-likeness (QED) is 0.907. The molecule has 0 bridgehead atoms. The molecule has 1 aromatic rings. The predicted molar refractivity (Wildman–Crippen MR) is 90.7 cm³/mol. The lowest BCUT2D eigenvalue weighted by molar-refractivity contribution is 0.220. The number of aryl methyl sites for hydroxylation is 1. The van der Waals surface area contributed by atoms with Gasteiger partial charge in [0.15, 0.2) is 0 Å². The van der Waals surface area contributed by atoms with Gasteiger partial charge in [-0.15, -0.1) is 0 Å². The van der Waals surface area contributed by atoms with Crippen molar-refractivity contribution in [3.8, 4) is 0 Å². The van der Waals surface area contributed by atoms with Gasteiger partial charge in [-0.1, -0.05) is 38.0 Å². The highest BCUT2D eigenvalue weighted by Gasteiger charge is 2.34. The molecule has 1 saturated carbocycles. The fraction of sp³-hybridized carbons (Fsp3) is 0.684. The first-order valence-corrected chi connectivity index (χ1v) is 8.88. The molecule has 1 aliphatic carbocycles. The summed E-state index contributed by atoms with van der Waals surface area (Å²) in [6.45, 7) is 4.39. The Morgan fingerprint density at radius 1 is 1.24 bits per heavy atom. The average Bonchev–Trinajstić information content (AvgIpc) is 2.54. The Balaban J connectivity index is 1.83. The standard InChI is InChI=1S/C19H30N2/c1-2-6-15-10-11-17(14-20)19(13-15)21-12-5-8-16-7-3-4-9-18(16)21/h3-4,7,9,15,17,19H,2,5-6,8,10-14,20H2,1H3. The van der Waals surface area contributed by atoms with Crippen molar-refractivity contribution in [3.05, 3.63) is 29.8 Å². The van der Waals surface area contributed by atoms with Crippen molar-refractivity contribution in [3.63, 3.8) is 0 Å². The summed E-state index contributed by atoms with van der Waals surface area (Å²) in [5, 5.41) is 0. The Morgan fingerprint density at radius 2 is 2.10 bits per heavy atom. The normalized spacial score (nSPS) is 29.2. The van der Waals surface area contributed by atoms with Crippen molar-refractivity contribution >= 4 is 5.69 Å². The van der Waals surface area contributed by atoms with E-state index in [0.717, 1.165) is 12.5 Å². The van der Waals surface area contributed by atoms with Crippen LogP contribution in [0.5, 0.6) is 0 Å². The second-order valence-electron chi connectivity index (χ2n) is 6.96. The molecule has 2 heteroatoms. The predicted octanol–water partition coefficient (Wildman–Crippen LogP) is 3.98. The zero-order valence-corrected chi connectivity index (χ0v) is 13.4. The highest BCUT2D eigenvalue weighted by molar-refractivity contribution is 5.56. The van der Waals surface area contributed by atoms with Crippen LogP contribution in [0.2, 0.25) is 0 Å². The van der Waals surface area contributed by atoms with Crippen LogP contribution in [0.1, 0.15) is 51.0 Å². The molecule has 3 unspecified atom stereocenters. The third kappa shape index (κ3) is 3.11. The molecule has 3 rings (SSSR count). The van der Waals surface area contributed by atoms with Crippen molar-refractivity contribution in [1.29, 1.82) is 0 Å². The van der Waals surface area contributed by atoms with E-state index in [9.17, 15) is 0 Å². The summed E-state index contributed by atoms with van der Waals surface area (Å²) < 4.78 is 0. The summed E-state index contributed by atoms with van der Waals surface area (Å²) in [4.78, 5) is 2.71. The lowest BCUT2D eigenvalue weighted by atomic mass is 9.75. The first kappa shape index (κ1) is 14.9. The van der Waals surface area contributed by atoms with E-state index < -0.39 is 0 Å². The van der Waals surface area contributed by atoms with Crippen molar-refractivity contribution in [2.75, 3.05) is 18.0 Å². The number of para-hydroxylation sites is 1. The van der Waals surface area contributed by atoms with Gasteiger partial charge in [0, 0.05) is 18.3 Å². The number of fused-ring (bicyclic) bond motifs is 1. The Kier molecular flexibility index (Phi) is 4.84. The Morgan fingerprint density at radius 3 is 2.90 bits per heavy atom. The van der Waals surface area contributed by atoms with E-state index in [-0.39, 0.29) is 0 Å². The summed E-state index contributed by atoms with van der Waals surface area (Å²) in [5.41, 5.74) is 9.14. The van der Waals surface area contributed by atoms with Crippen LogP contribution in [0.4, 0.5) is 5.69 Å². The number of anilines is 1. The summed E-state index contributed by atoms with van der Waals surface area (Å²) >= 11 is 0. The Labute approximate surface area is 129 Å². The Bertz CT molecular complexity index is 457. The van der Waals surface area contributed by atoms with Crippen molar-refractivity contribution < 1.29 is 0 Å². The molecule has 0 radical (unpaired) electrons. The highest BCUT2D eigenvalue weighted by atomic mass is 15.2. The lowest BCUT2D eigenvalue weighted by Gasteiger charge is -2.46. The van der Waals surface area contributed by atoms with Gasteiger partial charge in [-0.05, 0) is 62.1 Å². The van der Waals surface area contributed by atoms with Crippen LogP contribution in [-0.2, 0) is 6.42 Å². The molecule has 2 aliphatic rings. The maximum atomic E-state index is 6.11. The Hall–Kier alpha value is -1.02. The number of rotatable bonds is 4. The second kappa shape index (κ2) is 6.83. The molecule has 2 nitrogen and oxygen atoms in total. The summed E-state index contributed by atoms with van der Waals surface area (Å²) in [7, 11) is 0. The highest BCUT2D eigenvalue weighted by Crippen LogP contribution is 2.38. The van der Waals surface area contributed by atoms with E-state index in [4.69, 9.17) is 5.73 Å². The van der Waals surface area contributed by atoms with E-state index >= 15 is 0 Å². The van der Waals surface area contributed by atoms with E-state index in [1.807, 2.05) is 0 Å². The van der Waals surface area contributed by atoms with Crippen LogP contribution in [0, 0.1) is 11.8 Å². The van der Waals surface area contributed by atoms with Gasteiger partial charge in [-0.25, -0.2) is 0 Å². The minimum Gasteiger partial charge on any atom is -0.368 e. The minimum absolute atomic E-state index is 0.668. The van der Waals surface area contributed by atoms with Crippen LogP contribution in [0.3, 0.4) is 0 Å². The van der Waals surface area contributed by atoms with Gasteiger partial charge in [0.1, 0.15) is 0 Å². The van der Waals surface area contributed by atoms with Crippen LogP contribution < -0.4 is 10.6 Å². The largest absolute Gasteiger partial charge is 0.368 e. The van der Waals surface area contributed by atoms with Crippen LogP contribution in [0.25, 0.3) is 0 Å². The number of hydrogen-bond acceptors (Lipinski definition) is 2. The number of hydrogen-bond donors (Lipinski definition) is 1. The van der Waals surface area contributed by atoms with Gasteiger partial charge in [0.25, 0.3) is 0 Å². The van der Waals surface area contributed by atoms with Crippen molar-refractivity contribution in [2.24, 2.45) is 17.6 Å². The molecule has 116 valence electrons. The topological polar surface area (TPSA) is 29.3 Å². The van der Waals surface area contributed by atoms with E-state index in [2.05, 4.69) is 36.1 Å². The minimum atomic E-state index is 0.668. The monoisotopic (exact) mass is 286 g/mol. The third-order valence-corrected chi connectivity index (χ3v) is 5.61. The van der Waals surface area contributed by atoms with E-state index in [0.29, 0.717) is 12.0 Å². The molecule has 2 N–H and O–H groups in total. The van der Waals surface area contributed by atoms with Gasteiger partial charge < -0.3 is 10.6 Å². The first-order chi connectivity index (χ1) is 10.3. The number of benzene rings is 1. The smallest absolute Gasteiger partial charge is 0.0401 e. The van der Waals surface area contributed by atoms with Crippen LogP contribution >= 0.6 is 0 Å². The van der Waals surface area contributed by atoms with Crippen molar-refractivity contribution in [2.45, 2.75) is 57.9 Å². The molecular weight excluding hydrogens is 256 g/mol. The van der Waals surface area contributed by atoms with E-state index in [1.165, 1.54) is 62.7 Å². The molecule has 0 amide bonds. The van der Waals surface area contributed by atoms with Crippen LogP contribution in [0.15, 0.2) is 24.3 Å². The summed E-state index contributed by atoms with van der Waals surface area (Å²) in [5.74, 6) is 1.60. The molecule has 0 saturated heterocycles. The fourth-order valence-corrected chi connectivity index (χ4v) is 4.53. The van der Waals surface area contributed by atoms with Gasteiger partial charge in [-0.3, -0.25) is 0 Å². The van der Waals surface area contributed by atoms with Gasteiger partial charge in [0.05, 0.1) is 0 Å². The molecule has 1 aliphatic heterocycles. The maximum absolute atomic E-state index is 6.11. The molecule has 1 heterocycles. The second-order valence-corrected chi connectivity index (χ2v) is 6.96. The number of nitrogens with two attached hydrogens (primary N) is 1. The molecule has 3 atom stereocenters. The van der Waals surface area contributed by atoms with Crippen molar-refractivity contribution in [1.82, 2.24) is 0 Å². The number of nitrogens with zero attached hydrogens (tertiary/aromatic N) is 1. The molecule has 1 fully saturated rings. The molecule has 0 spiro atoms. The fourth-order valence-electron chi connectivity index (χ4n) is 4.53. The molecular formula is C19H30N2. The maximum Gasteiger partial charge on any atom is 0.0401 e. The zero-order valence-electron chi connectivity index (χ0n) is 13.4. The summed E-state index contributed by atoms with van der Waals surface area (Å²) in [6.07, 6.45) is 9.31. The summed E-state index contributed by atoms with van der Waals surface area (Å²) in [6, 6.07) is 9.68. The van der Waals surface area contributed by atoms with E-state index in [1.54, 1.807) is 0 Å². The van der Waals surface area contributed by atoms with Gasteiger partial charge in [0.2, 0.25) is 0 Å². The van der Waals surface area contributed by atoms with Gasteiger partial charge in [-0.2, -0.15) is 0 Å². The SMILES string of the molecule is CCCC1CCC(CN)C(N2CCCc3ccccc32)C1. The van der Waals surface area contributed by atoms with Gasteiger partial charge >= 0.3 is 0 Å². The van der Waals surface area contributed by atoms with Crippen LogP contribution in [-0.4, -0.2) is 19.1 Å². The lowest BCUT2D eigenvalue weighted by Crippen LogP contribution is -2.49. The zero-order chi connectivity index (χ0) is 14.7. The average molecular weight is 286 g/mol. The first-order valence-electron chi connectivity index (χ1n) is 8.88.